The van der Waals surface area contributed by atoms with E-state index in [-0.39, 0.29) is 36.3 Å². The Balaban J connectivity index is 0.00000243. The zero-order chi connectivity index (χ0) is 17.8. The van der Waals surface area contributed by atoms with Crippen molar-refractivity contribution in [3.8, 4) is 0 Å². The van der Waals surface area contributed by atoms with Crippen molar-refractivity contribution in [2.45, 2.75) is 24.9 Å². The van der Waals surface area contributed by atoms with Gasteiger partial charge >= 0.3 is 0 Å². The maximum Gasteiger partial charge on any atom is 0.234 e. The highest BCUT2D eigenvalue weighted by atomic mass is 35.5. The molecular formula is C20H25Cl2N3O. The van der Waals surface area contributed by atoms with Gasteiger partial charge in [-0.1, -0.05) is 54.1 Å². The molecule has 3 N–H and O–H groups in total. The summed E-state index contributed by atoms with van der Waals surface area (Å²) >= 11 is 5.91. The summed E-state index contributed by atoms with van der Waals surface area (Å²) in [6, 6.07) is 17.8. The molecule has 1 heterocycles. The predicted molar refractivity (Wildman–Crippen MR) is 109 cm³/mol. The van der Waals surface area contributed by atoms with E-state index in [1.165, 1.54) is 5.56 Å². The third-order valence-electron chi connectivity index (χ3n) is 4.78. The molecule has 0 aromatic heterocycles. The van der Waals surface area contributed by atoms with Crippen LogP contribution < -0.4 is 11.1 Å². The van der Waals surface area contributed by atoms with Crippen molar-refractivity contribution < 1.29 is 4.79 Å². The highest BCUT2D eigenvalue weighted by Gasteiger charge is 2.32. The van der Waals surface area contributed by atoms with E-state index in [2.05, 4.69) is 22.3 Å². The van der Waals surface area contributed by atoms with Gasteiger partial charge in [-0.2, -0.15) is 0 Å². The first-order valence-corrected chi connectivity index (χ1v) is 8.98. The number of nitrogens with one attached hydrogen (secondary N) is 1. The molecule has 0 spiro atoms. The summed E-state index contributed by atoms with van der Waals surface area (Å²) in [4.78, 5) is 14.5. The van der Waals surface area contributed by atoms with E-state index >= 15 is 0 Å². The van der Waals surface area contributed by atoms with Crippen LogP contribution in [-0.4, -0.2) is 36.5 Å². The van der Waals surface area contributed by atoms with Crippen LogP contribution >= 0.6 is 24.0 Å². The minimum absolute atomic E-state index is 0. The van der Waals surface area contributed by atoms with Crippen molar-refractivity contribution in [3.05, 3.63) is 70.7 Å². The van der Waals surface area contributed by atoms with Gasteiger partial charge in [-0.05, 0) is 30.2 Å². The SMILES string of the molecule is CC(NC(=O)CN1C[C@@H](N)[C@H](c2ccccc2)C1)c1ccc(Cl)cc1.Cl. The number of hydrogen-bond donors (Lipinski definition) is 2. The molecule has 1 aliphatic rings. The zero-order valence-corrected chi connectivity index (χ0v) is 16.3. The van der Waals surface area contributed by atoms with Crippen LogP contribution in [0.25, 0.3) is 0 Å². The van der Waals surface area contributed by atoms with Gasteiger partial charge in [-0.25, -0.2) is 0 Å². The van der Waals surface area contributed by atoms with Crippen LogP contribution in [0, 0.1) is 0 Å². The lowest BCUT2D eigenvalue weighted by Crippen LogP contribution is -2.38. The number of carbonyl (C=O) groups is 1. The van der Waals surface area contributed by atoms with Gasteiger partial charge in [0.2, 0.25) is 5.91 Å². The lowest BCUT2D eigenvalue weighted by molar-refractivity contribution is -0.122. The standard InChI is InChI=1S/C20H24ClN3O.ClH/c1-14(15-7-9-17(21)10-8-15)23-20(25)13-24-11-18(19(22)12-24)16-5-3-2-4-6-16;/h2-10,14,18-19H,11-13,22H2,1H3,(H,23,25);1H/t14?,18-,19+;/m0./s1. The Morgan fingerprint density at radius 1 is 1.19 bits per heavy atom. The van der Waals surface area contributed by atoms with Gasteiger partial charge in [-0.15, -0.1) is 12.4 Å². The van der Waals surface area contributed by atoms with Gasteiger partial charge in [0, 0.05) is 30.1 Å². The molecule has 3 atom stereocenters. The van der Waals surface area contributed by atoms with Crippen LogP contribution in [0.1, 0.15) is 30.0 Å². The van der Waals surface area contributed by atoms with Crippen molar-refractivity contribution in [1.29, 1.82) is 0 Å². The van der Waals surface area contributed by atoms with Gasteiger partial charge in [0.1, 0.15) is 0 Å². The van der Waals surface area contributed by atoms with Crippen molar-refractivity contribution in [1.82, 2.24) is 10.2 Å². The molecule has 6 heteroatoms. The average Bonchev–Trinajstić information content (AvgIpc) is 2.96. The van der Waals surface area contributed by atoms with Gasteiger partial charge in [0.25, 0.3) is 0 Å². The predicted octanol–water partition coefficient (Wildman–Crippen LogP) is 3.37. The summed E-state index contributed by atoms with van der Waals surface area (Å²) < 4.78 is 0. The Bertz CT molecular complexity index is 709. The monoisotopic (exact) mass is 393 g/mol. The van der Waals surface area contributed by atoms with E-state index in [1.807, 2.05) is 49.4 Å². The minimum Gasteiger partial charge on any atom is -0.348 e. The number of hydrogen-bond acceptors (Lipinski definition) is 3. The zero-order valence-electron chi connectivity index (χ0n) is 14.8. The first-order chi connectivity index (χ1) is 12.0. The van der Waals surface area contributed by atoms with Crippen molar-refractivity contribution in [2.24, 2.45) is 5.73 Å². The second-order valence-electron chi connectivity index (χ2n) is 6.72. The largest absolute Gasteiger partial charge is 0.348 e. The maximum absolute atomic E-state index is 12.4. The maximum atomic E-state index is 12.4. The molecule has 1 fully saturated rings. The molecule has 26 heavy (non-hydrogen) atoms. The Labute approximate surface area is 166 Å². The fourth-order valence-electron chi connectivity index (χ4n) is 3.42. The topological polar surface area (TPSA) is 58.4 Å². The molecule has 1 aliphatic heterocycles. The van der Waals surface area contributed by atoms with Crippen molar-refractivity contribution in [3.63, 3.8) is 0 Å². The summed E-state index contributed by atoms with van der Waals surface area (Å²) in [6.45, 7) is 3.90. The first kappa shape index (κ1) is 20.7. The van der Waals surface area contributed by atoms with Crippen molar-refractivity contribution >= 4 is 29.9 Å². The van der Waals surface area contributed by atoms with Gasteiger partial charge < -0.3 is 11.1 Å². The highest BCUT2D eigenvalue weighted by molar-refractivity contribution is 6.30. The number of amides is 1. The van der Waals surface area contributed by atoms with E-state index in [4.69, 9.17) is 17.3 Å². The molecule has 1 saturated heterocycles. The van der Waals surface area contributed by atoms with Gasteiger partial charge in [-0.3, -0.25) is 9.69 Å². The molecule has 0 aliphatic carbocycles. The van der Waals surface area contributed by atoms with Crippen LogP contribution in [0.2, 0.25) is 5.02 Å². The molecule has 140 valence electrons. The van der Waals surface area contributed by atoms with Crippen molar-refractivity contribution in [2.75, 3.05) is 19.6 Å². The number of rotatable bonds is 5. The fourth-order valence-corrected chi connectivity index (χ4v) is 3.55. The van der Waals surface area contributed by atoms with E-state index in [9.17, 15) is 4.79 Å². The molecular weight excluding hydrogens is 369 g/mol. The normalized spacial score (nSPS) is 21.0. The van der Waals surface area contributed by atoms with E-state index in [0.29, 0.717) is 11.6 Å². The lowest BCUT2D eigenvalue weighted by Gasteiger charge is -2.19. The smallest absolute Gasteiger partial charge is 0.234 e. The highest BCUT2D eigenvalue weighted by Crippen LogP contribution is 2.26. The number of nitrogens with two attached hydrogens (primary N) is 1. The summed E-state index contributed by atoms with van der Waals surface area (Å²) in [7, 11) is 0. The van der Waals surface area contributed by atoms with Crippen LogP contribution in [0.4, 0.5) is 0 Å². The van der Waals surface area contributed by atoms with E-state index in [0.717, 1.165) is 18.7 Å². The van der Waals surface area contributed by atoms with Gasteiger partial charge in [0.15, 0.2) is 0 Å². The molecule has 0 saturated carbocycles. The number of halogens is 2. The Hall–Kier alpha value is -1.59. The summed E-state index contributed by atoms with van der Waals surface area (Å²) in [5.74, 6) is 0.297. The van der Waals surface area contributed by atoms with E-state index < -0.39 is 0 Å². The molecule has 3 rings (SSSR count). The number of benzene rings is 2. The van der Waals surface area contributed by atoms with Crippen LogP contribution in [0.5, 0.6) is 0 Å². The van der Waals surface area contributed by atoms with Crippen LogP contribution in [0.3, 0.4) is 0 Å². The fraction of sp³-hybridized carbons (Fsp3) is 0.350. The van der Waals surface area contributed by atoms with Gasteiger partial charge in [0.05, 0.1) is 12.6 Å². The Morgan fingerprint density at radius 2 is 1.85 bits per heavy atom. The summed E-state index contributed by atoms with van der Waals surface area (Å²) in [5, 5.41) is 3.74. The summed E-state index contributed by atoms with van der Waals surface area (Å²) in [6.07, 6.45) is 0. The molecule has 2 aromatic rings. The Kier molecular flexibility index (Phi) is 7.47. The number of carbonyl (C=O) groups excluding carboxylic acids is 1. The Morgan fingerprint density at radius 3 is 2.50 bits per heavy atom. The van der Waals surface area contributed by atoms with Crippen LogP contribution in [0.15, 0.2) is 54.6 Å². The molecule has 1 amide bonds. The second-order valence-corrected chi connectivity index (χ2v) is 7.15. The molecule has 2 aromatic carbocycles. The third-order valence-corrected chi connectivity index (χ3v) is 5.04. The summed E-state index contributed by atoms with van der Waals surface area (Å²) in [5.41, 5.74) is 8.58. The number of nitrogens with zero attached hydrogens (tertiary/aromatic N) is 1. The first-order valence-electron chi connectivity index (χ1n) is 8.60. The quantitative estimate of drug-likeness (QED) is 0.818. The molecule has 0 radical (unpaired) electrons. The minimum atomic E-state index is -0.0500. The second kappa shape index (κ2) is 9.38. The van der Waals surface area contributed by atoms with Crippen LogP contribution in [-0.2, 0) is 4.79 Å². The molecule has 1 unspecified atom stereocenters. The number of likely N-dealkylation sites (tertiary alicyclic amines) is 1. The molecule has 0 bridgehead atoms. The average molecular weight is 394 g/mol. The third kappa shape index (κ3) is 5.21. The van der Waals surface area contributed by atoms with E-state index in [1.54, 1.807) is 0 Å². The lowest BCUT2D eigenvalue weighted by atomic mass is 9.95. The molecule has 4 nitrogen and oxygen atoms in total.